The third-order valence-corrected chi connectivity index (χ3v) is 5.13. The van der Waals surface area contributed by atoms with E-state index >= 15 is 0 Å². The molecule has 1 unspecified atom stereocenters. The number of carbonyl (C=O) groups is 2. The van der Waals surface area contributed by atoms with E-state index in [1.807, 2.05) is 18.4 Å². The first-order chi connectivity index (χ1) is 12.0. The van der Waals surface area contributed by atoms with Crippen LogP contribution in [0, 0.1) is 0 Å². The summed E-state index contributed by atoms with van der Waals surface area (Å²) in [5.74, 6) is 1.18. The number of carboxylic acids is 1. The van der Waals surface area contributed by atoms with Crippen LogP contribution in [0.15, 0.2) is 12.1 Å². The number of methoxy groups -OCH3 is 2. The summed E-state index contributed by atoms with van der Waals surface area (Å²) in [4.78, 5) is 25.7. The topological polar surface area (TPSA) is 76.1 Å². The molecule has 0 aromatic heterocycles. The molecule has 138 valence electrons. The van der Waals surface area contributed by atoms with Crippen molar-refractivity contribution in [2.45, 2.75) is 31.7 Å². The third-order valence-electron chi connectivity index (χ3n) is 4.43. The standard InChI is InChI=1S/C18H25NO5S/c1-23-15-9-12-6-7-19(17(20)5-4-8-25-3)14(11-18(21)22)13(12)10-16(15)24-2/h9-10,14H,4-8,11H2,1-3H3,(H,21,22). The van der Waals surface area contributed by atoms with E-state index in [0.29, 0.717) is 30.9 Å². The van der Waals surface area contributed by atoms with Gasteiger partial charge in [-0.15, -0.1) is 0 Å². The summed E-state index contributed by atoms with van der Waals surface area (Å²) in [7, 11) is 3.12. The number of rotatable bonds is 8. The minimum absolute atomic E-state index is 0.0146. The molecule has 0 radical (unpaired) electrons. The Kier molecular flexibility index (Phi) is 6.99. The first-order valence-corrected chi connectivity index (χ1v) is 9.66. The van der Waals surface area contributed by atoms with Gasteiger partial charge in [-0.3, -0.25) is 9.59 Å². The summed E-state index contributed by atoms with van der Waals surface area (Å²) in [5.41, 5.74) is 1.85. The van der Waals surface area contributed by atoms with Crippen LogP contribution in [0.25, 0.3) is 0 Å². The quantitative estimate of drug-likeness (QED) is 0.712. The summed E-state index contributed by atoms with van der Waals surface area (Å²) in [6, 6.07) is 3.23. The zero-order valence-electron chi connectivity index (χ0n) is 14.9. The third kappa shape index (κ3) is 4.60. The molecule has 0 bridgehead atoms. The molecule has 1 heterocycles. The summed E-state index contributed by atoms with van der Waals surface area (Å²) in [6.45, 7) is 0.526. The lowest BCUT2D eigenvalue weighted by Gasteiger charge is -2.37. The van der Waals surface area contributed by atoms with Gasteiger partial charge in [-0.25, -0.2) is 0 Å². The second-order valence-electron chi connectivity index (χ2n) is 5.95. The smallest absolute Gasteiger partial charge is 0.305 e. The Morgan fingerprint density at radius 3 is 2.56 bits per heavy atom. The lowest BCUT2D eigenvalue weighted by molar-refractivity contribution is -0.141. The van der Waals surface area contributed by atoms with Gasteiger partial charge in [0.2, 0.25) is 5.91 Å². The van der Waals surface area contributed by atoms with Crippen molar-refractivity contribution in [3.63, 3.8) is 0 Å². The van der Waals surface area contributed by atoms with Gasteiger partial charge in [0.25, 0.3) is 0 Å². The van der Waals surface area contributed by atoms with Crippen LogP contribution in [0.4, 0.5) is 0 Å². The van der Waals surface area contributed by atoms with Gasteiger partial charge in [-0.2, -0.15) is 11.8 Å². The van der Waals surface area contributed by atoms with E-state index in [-0.39, 0.29) is 12.3 Å². The first kappa shape index (κ1) is 19.4. The molecule has 0 aliphatic carbocycles. The second kappa shape index (κ2) is 8.99. The summed E-state index contributed by atoms with van der Waals surface area (Å²) < 4.78 is 10.7. The van der Waals surface area contributed by atoms with Crippen LogP contribution < -0.4 is 9.47 Å². The van der Waals surface area contributed by atoms with Crippen molar-refractivity contribution >= 4 is 23.6 Å². The summed E-state index contributed by atoms with van der Waals surface area (Å²) in [6.07, 6.45) is 3.82. The molecule has 0 saturated carbocycles. The molecule has 1 aromatic rings. The largest absolute Gasteiger partial charge is 0.493 e. The highest BCUT2D eigenvalue weighted by atomic mass is 32.2. The van der Waals surface area contributed by atoms with Gasteiger partial charge in [0.1, 0.15) is 0 Å². The van der Waals surface area contributed by atoms with Crippen LogP contribution in [0.5, 0.6) is 11.5 Å². The Hall–Kier alpha value is -1.89. The molecule has 1 amide bonds. The Morgan fingerprint density at radius 2 is 1.96 bits per heavy atom. The predicted molar refractivity (Wildman–Crippen MR) is 97.6 cm³/mol. The fourth-order valence-corrected chi connectivity index (χ4v) is 3.66. The number of carbonyl (C=O) groups excluding carboxylic acids is 1. The number of hydrogen-bond donors (Lipinski definition) is 1. The van der Waals surface area contributed by atoms with E-state index in [1.165, 1.54) is 0 Å². The monoisotopic (exact) mass is 367 g/mol. The van der Waals surface area contributed by atoms with Gasteiger partial charge < -0.3 is 19.5 Å². The van der Waals surface area contributed by atoms with E-state index < -0.39 is 12.0 Å². The van der Waals surface area contributed by atoms with E-state index in [9.17, 15) is 14.7 Å². The molecule has 1 aromatic carbocycles. The van der Waals surface area contributed by atoms with Gasteiger partial charge in [0.15, 0.2) is 11.5 Å². The molecular weight excluding hydrogens is 342 g/mol. The summed E-state index contributed by atoms with van der Waals surface area (Å²) in [5, 5.41) is 9.34. The van der Waals surface area contributed by atoms with Gasteiger partial charge in [-0.05, 0) is 48.1 Å². The highest BCUT2D eigenvalue weighted by Crippen LogP contribution is 2.39. The number of nitrogens with zero attached hydrogens (tertiary/aromatic N) is 1. The predicted octanol–water partition coefficient (Wildman–Crippen LogP) is 2.75. The van der Waals surface area contributed by atoms with Crippen molar-refractivity contribution in [1.29, 1.82) is 0 Å². The number of fused-ring (bicyclic) bond motifs is 1. The zero-order chi connectivity index (χ0) is 18.4. The van der Waals surface area contributed by atoms with Crippen LogP contribution in [0.3, 0.4) is 0 Å². The molecule has 6 nitrogen and oxygen atoms in total. The van der Waals surface area contributed by atoms with Crippen molar-refractivity contribution in [3.05, 3.63) is 23.3 Å². The highest BCUT2D eigenvalue weighted by molar-refractivity contribution is 7.98. The highest BCUT2D eigenvalue weighted by Gasteiger charge is 2.33. The molecule has 1 aliphatic heterocycles. The Labute approximate surface area is 152 Å². The van der Waals surface area contributed by atoms with E-state index in [4.69, 9.17) is 9.47 Å². The normalized spacial score (nSPS) is 16.3. The number of thioether (sulfide) groups is 1. The number of carboxylic acid groups (broad SMARTS) is 1. The fourth-order valence-electron chi connectivity index (χ4n) is 3.22. The van der Waals surface area contributed by atoms with Crippen molar-refractivity contribution < 1.29 is 24.2 Å². The number of ether oxygens (including phenoxy) is 2. The lowest BCUT2D eigenvalue weighted by atomic mass is 9.89. The average molecular weight is 367 g/mol. The summed E-state index contributed by atoms with van der Waals surface area (Å²) >= 11 is 1.70. The molecular formula is C18H25NO5S. The SMILES string of the molecule is COc1cc2c(cc1OC)C(CC(=O)O)N(C(=O)CCCSC)CC2. The molecule has 1 atom stereocenters. The number of aliphatic carboxylic acids is 1. The molecule has 0 saturated heterocycles. The van der Waals surface area contributed by atoms with Gasteiger partial charge >= 0.3 is 5.97 Å². The molecule has 0 fully saturated rings. The molecule has 7 heteroatoms. The van der Waals surface area contributed by atoms with Crippen LogP contribution in [0.1, 0.15) is 36.4 Å². The van der Waals surface area contributed by atoms with Crippen LogP contribution >= 0.6 is 11.8 Å². The zero-order valence-corrected chi connectivity index (χ0v) is 15.7. The van der Waals surface area contributed by atoms with Crippen molar-refractivity contribution in [3.8, 4) is 11.5 Å². The van der Waals surface area contributed by atoms with Gasteiger partial charge in [0.05, 0.1) is 26.7 Å². The average Bonchev–Trinajstić information content (AvgIpc) is 2.60. The van der Waals surface area contributed by atoms with Gasteiger partial charge in [0, 0.05) is 13.0 Å². The van der Waals surface area contributed by atoms with Crippen LogP contribution in [-0.2, 0) is 16.0 Å². The van der Waals surface area contributed by atoms with Crippen molar-refractivity contribution in [2.75, 3.05) is 32.8 Å². The lowest BCUT2D eigenvalue weighted by Crippen LogP contribution is -2.41. The number of hydrogen-bond acceptors (Lipinski definition) is 5. The molecule has 1 aliphatic rings. The minimum atomic E-state index is -0.922. The molecule has 0 spiro atoms. The molecule has 1 N–H and O–H groups in total. The Balaban J connectivity index is 2.33. The molecule has 25 heavy (non-hydrogen) atoms. The van der Waals surface area contributed by atoms with Crippen molar-refractivity contribution in [2.24, 2.45) is 0 Å². The maximum atomic E-state index is 12.6. The van der Waals surface area contributed by atoms with E-state index in [2.05, 4.69) is 0 Å². The Morgan fingerprint density at radius 1 is 1.28 bits per heavy atom. The van der Waals surface area contributed by atoms with Crippen molar-refractivity contribution in [1.82, 2.24) is 4.90 Å². The van der Waals surface area contributed by atoms with E-state index in [1.54, 1.807) is 30.9 Å². The minimum Gasteiger partial charge on any atom is -0.493 e. The molecule has 2 rings (SSSR count). The first-order valence-electron chi connectivity index (χ1n) is 8.26. The number of amides is 1. The number of benzene rings is 1. The maximum absolute atomic E-state index is 12.6. The van der Waals surface area contributed by atoms with Gasteiger partial charge in [-0.1, -0.05) is 0 Å². The van der Waals surface area contributed by atoms with E-state index in [0.717, 1.165) is 23.3 Å². The van der Waals surface area contributed by atoms with Crippen LogP contribution in [-0.4, -0.2) is 54.7 Å². The Bertz CT molecular complexity index is 634. The van der Waals surface area contributed by atoms with Crippen LogP contribution in [0.2, 0.25) is 0 Å². The fraction of sp³-hybridized carbons (Fsp3) is 0.556. The second-order valence-corrected chi connectivity index (χ2v) is 6.94. The maximum Gasteiger partial charge on any atom is 0.305 e.